The highest BCUT2D eigenvalue weighted by molar-refractivity contribution is 5.97. The Hall–Kier alpha value is -3.12. The SMILES string of the molecule is C/C=C(/C(C)=C/c1cc(F)ccc1C)N1CCNc2cc(C(=O)N3CCCC(N)C3)cc(C)c21.CC.CCC(C)CC1CC1. The molecule has 2 aliphatic heterocycles. The Bertz CT molecular complexity index is 1310. The maximum absolute atomic E-state index is 13.8. The number of aryl methyl sites for hydroxylation is 2. The average molecular weight is 605 g/mol. The first-order valence-electron chi connectivity index (χ1n) is 16.9. The number of carbonyl (C=O) groups excluding carboxylic acids is 1. The van der Waals surface area contributed by atoms with Crippen molar-refractivity contribution in [3.05, 3.63) is 75.7 Å². The number of piperidine rings is 1. The lowest BCUT2D eigenvalue weighted by molar-refractivity contribution is 0.0709. The molecular weight excluding hydrogens is 547 g/mol. The standard InChI is InChI=1S/C28H35FN4O.C8H16.C2H6/c1-5-26(19(3)13-21-15-23(29)9-8-18(21)2)33-12-10-31-25-16-22(14-20(4)27(25)33)28(34)32-11-6-7-24(30)17-32;1-3-7(2)6-8-4-5-8;1-2/h5,8-9,13-16,24,31H,6-7,10-12,17,30H2,1-4H3;7-8H,3-6H2,1-2H3;1-2H3/b19-13+,26-5-;;. The third-order valence-electron chi connectivity index (χ3n) is 8.92. The summed E-state index contributed by atoms with van der Waals surface area (Å²) >= 11 is 0. The molecule has 1 aliphatic carbocycles. The minimum Gasteiger partial charge on any atom is -0.382 e. The van der Waals surface area contributed by atoms with E-state index in [2.05, 4.69) is 44.0 Å². The molecule has 5 nitrogen and oxygen atoms in total. The predicted octanol–water partition coefficient (Wildman–Crippen LogP) is 9.10. The molecule has 3 N–H and O–H groups in total. The summed E-state index contributed by atoms with van der Waals surface area (Å²) in [6.07, 6.45) is 12.0. The lowest BCUT2D eigenvalue weighted by Gasteiger charge is -2.36. The second-order valence-electron chi connectivity index (χ2n) is 12.6. The normalized spacial score (nSPS) is 19.1. The highest BCUT2D eigenvalue weighted by Crippen LogP contribution is 2.38. The molecule has 1 amide bonds. The monoisotopic (exact) mass is 604 g/mol. The van der Waals surface area contributed by atoms with E-state index in [1.54, 1.807) is 6.07 Å². The molecule has 242 valence electrons. The summed E-state index contributed by atoms with van der Waals surface area (Å²) < 4.78 is 13.8. The zero-order chi connectivity index (χ0) is 32.4. The summed E-state index contributed by atoms with van der Waals surface area (Å²) in [6, 6.07) is 8.89. The molecule has 44 heavy (non-hydrogen) atoms. The topological polar surface area (TPSA) is 61.6 Å². The molecule has 0 bridgehead atoms. The van der Waals surface area contributed by atoms with Gasteiger partial charge in [0.1, 0.15) is 5.82 Å². The number of halogens is 1. The third kappa shape index (κ3) is 9.44. The van der Waals surface area contributed by atoms with Gasteiger partial charge in [-0.25, -0.2) is 4.39 Å². The smallest absolute Gasteiger partial charge is 0.253 e. The van der Waals surface area contributed by atoms with E-state index in [-0.39, 0.29) is 17.8 Å². The van der Waals surface area contributed by atoms with Gasteiger partial charge in [0, 0.05) is 43.5 Å². The molecule has 2 aromatic carbocycles. The van der Waals surface area contributed by atoms with Crippen LogP contribution in [0.3, 0.4) is 0 Å². The van der Waals surface area contributed by atoms with Crippen LogP contribution in [-0.4, -0.2) is 43.0 Å². The maximum Gasteiger partial charge on any atom is 0.253 e. The number of carbonyl (C=O) groups is 1. The van der Waals surface area contributed by atoms with Crippen LogP contribution in [0.1, 0.15) is 107 Å². The third-order valence-corrected chi connectivity index (χ3v) is 8.92. The van der Waals surface area contributed by atoms with Gasteiger partial charge in [0.15, 0.2) is 0 Å². The molecule has 0 aromatic heterocycles. The largest absolute Gasteiger partial charge is 0.382 e. The number of anilines is 2. The molecule has 1 saturated heterocycles. The molecule has 2 aromatic rings. The number of hydrogen-bond donors (Lipinski definition) is 2. The average Bonchev–Trinajstić information content (AvgIpc) is 3.84. The van der Waals surface area contributed by atoms with Gasteiger partial charge in [0.05, 0.1) is 11.4 Å². The van der Waals surface area contributed by atoms with Crippen molar-refractivity contribution in [2.75, 3.05) is 36.4 Å². The van der Waals surface area contributed by atoms with Crippen molar-refractivity contribution in [1.29, 1.82) is 0 Å². The van der Waals surface area contributed by atoms with E-state index >= 15 is 0 Å². The molecule has 3 aliphatic rings. The van der Waals surface area contributed by atoms with Crippen LogP contribution in [0.5, 0.6) is 0 Å². The van der Waals surface area contributed by atoms with Gasteiger partial charge in [-0.3, -0.25) is 4.79 Å². The van der Waals surface area contributed by atoms with Gasteiger partial charge in [0.25, 0.3) is 5.91 Å². The number of hydrogen-bond acceptors (Lipinski definition) is 4. The van der Waals surface area contributed by atoms with Crippen molar-refractivity contribution < 1.29 is 9.18 Å². The van der Waals surface area contributed by atoms with Crippen LogP contribution in [0, 0.1) is 31.5 Å². The lowest BCUT2D eigenvalue weighted by Crippen LogP contribution is -2.45. The van der Waals surface area contributed by atoms with Crippen LogP contribution in [-0.2, 0) is 0 Å². The van der Waals surface area contributed by atoms with E-state index < -0.39 is 0 Å². The number of amides is 1. The van der Waals surface area contributed by atoms with Crippen LogP contribution in [0.4, 0.5) is 15.8 Å². The molecule has 2 atom stereocenters. The molecule has 2 fully saturated rings. The molecule has 0 radical (unpaired) electrons. The summed E-state index contributed by atoms with van der Waals surface area (Å²) in [4.78, 5) is 17.4. The van der Waals surface area contributed by atoms with Crippen LogP contribution < -0.4 is 16.0 Å². The second kappa shape index (κ2) is 16.8. The lowest BCUT2D eigenvalue weighted by atomic mass is 9.99. The van der Waals surface area contributed by atoms with Crippen LogP contribution in [0.15, 0.2) is 47.7 Å². The van der Waals surface area contributed by atoms with Crippen molar-refractivity contribution >= 4 is 23.4 Å². The Balaban J connectivity index is 0.000000454. The van der Waals surface area contributed by atoms with E-state index in [4.69, 9.17) is 5.73 Å². The first-order valence-corrected chi connectivity index (χ1v) is 16.9. The van der Waals surface area contributed by atoms with E-state index in [1.807, 2.05) is 56.9 Å². The van der Waals surface area contributed by atoms with Gasteiger partial charge < -0.3 is 20.9 Å². The summed E-state index contributed by atoms with van der Waals surface area (Å²) in [5, 5.41) is 3.49. The molecule has 1 saturated carbocycles. The van der Waals surface area contributed by atoms with Gasteiger partial charge in [0.2, 0.25) is 0 Å². The highest BCUT2D eigenvalue weighted by Gasteiger charge is 2.27. The van der Waals surface area contributed by atoms with E-state index in [0.29, 0.717) is 12.1 Å². The number of nitrogens with zero attached hydrogens (tertiary/aromatic N) is 2. The first-order chi connectivity index (χ1) is 21.1. The number of likely N-dealkylation sites (tertiary alicyclic amines) is 1. The fourth-order valence-electron chi connectivity index (χ4n) is 6.19. The zero-order valence-electron chi connectivity index (χ0n) is 28.6. The minimum atomic E-state index is -0.234. The van der Waals surface area contributed by atoms with E-state index in [9.17, 15) is 9.18 Å². The number of rotatable bonds is 7. The molecular formula is C38H57FN4O. The van der Waals surface area contributed by atoms with Crippen molar-refractivity contribution in [3.8, 4) is 0 Å². The van der Waals surface area contributed by atoms with Crippen LogP contribution in [0.25, 0.3) is 6.08 Å². The van der Waals surface area contributed by atoms with Crippen LogP contribution >= 0.6 is 0 Å². The zero-order valence-corrected chi connectivity index (χ0v) is 28.6. The minimum absolute atomic E-state index is 0.0453. The van der Waals surface area contributed by atoms with Crippen molar-refractivity contribution in [2.45, 2.75) is 100.0 Å². The number of fused-ring (bicyclic) bond motifs is 1. The molecule has 0 spiro atoms. The second-order valence-corrected chi connectivity index (χ2v) is 12.6. The predicted molar refractivity (Wildman–Crippen MR) is 187 cm³/mol. The van der Waals surface area contributed by atoms with E-state index in [1.165, 1.54) is 31.7 Å². The van der Waals surface area contributed by atoms with Crippen LogP contribution in [0.2, 0.25) is 0 Å². The highest BCUT2D eigenvalue weighted by atomic mass is 19.1. The molecule has 5 rings (SSSR count). The Labute approximate surface area is 266 Å². The summed E-state index contributed by atoms with van der Waals surface area (Å²) in [5.41, 5.74) is 13.9. The summed E-state index contributed by atoms with van der Waals surface area (Å²) in [7, 11) is 0. The fourth-order valence-corrected chi connectivity index (χ4v) is 6.19. The van der Waals surface area contributed by atoms with Crippen molar-refractivity contribution in [3.63, 3.8) is 0 Å². The van der Waals surface area contributed by atoms with E-state index in [0.717, 1.165) is 83.6 Å². The quantitative estimate of drug-likeness (QED) is 0.310. The molecule has 2 heterocycles. The van der Waals surface area contributed by atoms with Gasteiger partial charge >= 0.3 is 0 Å². The first kappa shape index (κ1) is 35.4. The number of benzene rings is 2. The van der Waals surface area contributed by atoms with Crippen molar-refractivity contribution in [1.82, 2.24) is 4.90 Å². The van der Waals surface area contributed by atoms with Crippen molar-refractivity contribution in [2.24, 2.45) is 17.6 Å². The number of nitrogens with one attached hydrogen (secondary N) is 1. The number of allylic oxidation sites excluding steroid dienone is 2. The summed E-state index contributed by atoms with van der Waals surface area (Å²) in [5.74, 6) is 1.93. The summed E-state index contributed by atoms with van der Waals surface area (Å²) in [6.45, 7) is 19.7. The molecule has 2 unspecified atom stereocenters. The Kier molecular flexibility index (Phi) is 13.5. The Morgan fingerprint density at radius 1 is 1.11 bits per heavy atom. The fraction of sp³-hybridized carbons (Fsp3) is 0.553. The maximum atomic E-state index is 13.8. The molecule has 6 heteroatoms. The Morgan fingerprint density at radius 2 is 1.84 bits per heavy atom. The van der Waals surface area contributed by atoms with Gasteiger partial charge in [-0.1, -0.05) is 59.1 Å². The van der Waals surface area contributed by atoms with Gasteiger partial charge in [-0.2, -0.15) is 0 Å². The van der Waals surface area contributed by atoms with Gasteiger partial charge in [-0.05, 0) is 111 Å². The van der Waals surface area contributed by atoms with Gasteiger partial charge in [-0.15, -0.1) is 0 Å². The number of nitrogens with two attached hydrogens (primary N) is 1. The Morgan fingerprint density at radius 3 is 2.48 bits per heavy atom.